The van der Waals surface area contributed by atoms with Crippen molar-refractivity contribution in [3.05, 3.63) is 52.8 Å². The van der Waals surface area contributed by atoms with Gasteiger partial charge in [0, 0.05) is 29.9 Å². The second-order valence-corrected chi connectivity index (χ2v) is 7.50. The largest absolute Gasteiger partial charge is 0.394 e. The molecule has 1 unspecified atom stereocenters. The summed E-state index contributed by atoms with van der Waals surface area (Å²) in [4.78, 5) is 2.49. The number of benzene rings is 1. The van der Waals surface area contributed by atoms with Gasteiger partial charge in [-0.2, -0.15) is 5.10 Å². The number of aromatic nitrogens is 2. The van der Waals surface area contributed by atoms with Gasteiger partial charge in [0.05, 0.1) is 31.6 Å². The zero-order valence-electron chi connectivity index (χ0n) is 15.7. The molecule has 1 N–H and O–H groups in total. The lowest BCUT2D eigenvalue weighted by Gasteiger charge is -2.45. The highest BCUT2D eigenvalue weighted by atomic mass is 16.5. The number of hydrogen-bond acceptors (Lipinski definition) is 4. The first kappa shape index (κ1) is 18.1. The van der Waals surface area contributed by atoms with Crippen LogP contribution in [-0.4, -0.2) is 45.1 Å². The first-order valence-electron chi connectivity index (χ1n) is 8.97. The molecule has 2 aromatic rings. The number of morpholine rings is 1. The zero-order chi connectivity index (χ0) is 18.0. The van der Waals surface area contributed by atoms with Crippen LogP contribution in [0.5, 0.6) is 0 Å². The van der Waals surface area contributed by atoms with Crippen LogP contribution in [0.4, 0.5) is 0 Å². The van der Waals surface area contributed by atoms with E-state index in [9.17, 15) is 5.11 Å². The first-order valence-corrected chi connectivity index (χ1v) is 8.97. The minimum Gasteiger partial charge on any atom is -0.394 e. The predicted molar refractivity (Wildman–Crippen MR) is 98.4 cm³/mol. The van der Waals surface area contributed by atoms with Crippen molar-refractivity contribution in [1.29, 1.82) is 0 Å². The van der Waals surface area contributed by atoms with Crippen LogP contribution in [-0.2, 0) is 17.8 Å². The third-order valence-electron chi connectivity index (χ3n) is 5.24. The quantitative estimate of drug-likeness (QED) is 0.907. The first-order chi connectivity index (χ1) is 11.9. The number of aryl methyl sites for hydroxylation is 1. The lowest BCUT2D eigenvalue weighted by molar-refractivity contribution is -0.104. The number of aliphatic hydroxyl groups excluding tert-OH is 1. The SMILES string of the molecule is Cc1nn(CCO)c(C)c1CN1CC(c2ccccc2)OCC1(C)C. The second kappa shape index (κ2) is 7.28. The summed E-state index contributed by atoms with van der Waals surface area (Å²) in [5.41, 5.74) is 4.65. The van der Waals surface area contributed by atoms with Gasteiger partial charge in [-0.3, -0.25) is 9.58 Å². The number of aliphatic hydroxyl groups is 1. The average molecular weight is 343 g/mol. The van der Waals surface area contributed by atoms with Crippen LogP contribution < -0.4 is 0 Å². The van der Waals surface area contributed by atoms with Gasteiger partial charge in [-0.15, -0.1) is 0 Å². The average Bonchev–Trinajstić information content (AvgIpc) is 2.85. The lowest BCUT2D eigenvalue weighted by atomic mass is 9.97. The molecule has 5 nitrogen and oxygen atoms in total. The van der Waals surface area contributed by atoms with E-state index in [1.807, 2.05) is 10.7 Å². The topological polar surface area (TPSA) is 50.5 Å². The minimum absolute atomic E-state index is 0.0246. The number of rotatable bonds is 5. The van der Waals surface area contributed by atoms with Crippen LogP contribution in [0, 0.1) is 13.8 Å². The molecule has 0 spiro atoms. The van der Waals surface area contributed by atoms with Gasteiger partial charge in [0.15, 0.2) is 0 Å². The van der Waals surface area contributed by atoms with Gasteiger partial charge in [-0.05, 0) is 33.3 Å². The van der Waals surface area contributed by atoms with Crippen LogP contribution in [0.25, 0.3) is 0 Å². The van der Waals surface area contributed by atoms with E-state index in [4.69, 9.17) is 4.74 Å². The van der Waals surface area contributed by atoms with Crippen molar-refractivity contribution >= 4 is 0 Å². The van der Waals surface area contributed by atoms with Crippen molar-refractivity contribution in [1.82, 2.24) is 14.7 Å². The summed E-state index contributed by atoms with van der Waals surface area (Å²) in [5, 5.41) is 13.8. The minimum atomic E-state index is -0.0246. The maximum atomic E-state index is 9.22. The third kappa shape index (κ3) is 3.78. The highest BCUT2D eigenvalue weighted by molar-refractivity contribution is 5.25. The molecule has 2 heterocycles. The van der Waals surface area contributed by atoms with E-state index in [-0.39, 0.29) is 18.2 Å². The van der Waals surface area contributed by atoms with Gasteiger partial charge in [-0.1, -0.05) is 30.3 Å². The highest BCUT2D eigenvalue weighted by Crippen LogP contribution is 2.32. The summed E-state index contributed by atoms with van der Waals surface area (Å²) in [7, 11) is 0. The van der Waals surface area contributed by atoms with Gasteiger partial charge >= 0.3 is 0 Å². The smallest absolute Gasteiger partial charge is 0.0953 e. The summed E-state index contributed by atoms with van der Waals surface area (Å²) in [6.07, 6.45) is 0.0994. The second-order valence-electron chi connectivity index (χ2n) is 7.50. The molecular formula is C20H29N3O2. The van der Waals surface area contributed by atoms with E-state index < -0.39 is 0 Å². The highest BCUT2D eigenvalue weighted by Gasteiger charge is 2.36. The molecule has 5 heteroatoms. The fourth-order valence-corrected chi connectivity index (χ4v) is 3.51. The Morgan fingerprint density at radius 1 is 1.24 bits per heavy atom. The molecule has 1 fully saturated rings. The number of nitrogens with zero attached hydrogens (tertiary/aromatic N) is 3. The Labute approximate surface area is 150 Å². The van der Waals surface area contributed by atoms with Crippen LogP contribution in [0.15, 0.2) is 30.3 Å². The van der Waals surface area contributed by atoms with Crippen molar-refractivity contribution in [2.45, 2.75) is 52.4 Å². The maximum absolute atomic E-state index is 9.22. The predicted octanol–water partition coefficient (Wildman–Crippen LogP) is 2.84. The molecule has 1 atom stereocenters. The van der Waals surface area contributed by atoms with Crippen molar-refractivity contribution in [3.63, 3.8) is 0 Å². The van der Waals surface area contributed by atoms with Gasteiger partial charge in [0.2, 0.25) is 0 Å². The molecule has 1 aromatic carbocycles. The third-order valence-corrected chi connectivity index (χ3v) is 5.24. The van der Waals surface area contributed by atoms with Gasteiger partial charge in [0.1, 0.15) is 0 Å². The molecular weight excluding hydrogens is 314 g/mol. The van der Waals surface area contributed by atoms with Crippen LogP contribution in [0.1, 0.15) is 42.5 Å². The summed E-state index contributed by atoms with van der Waals surface area (Å²) < 4.78 is 8.07. The van der Waals surface area contributed by atoms with Gasteiger partial charge in [-0.25, -0.2) is 0 Å². The fraction of sp³-hybridized carbons (Fsp3) is 0.550. The monoisotopic (exact) mass is 343 g/mol. The Hall–Kier alpha value is -1.69. The molecule has 1 aliphatic rings. The fourth-order valence-electron chi connectivity index (χ4n) is 3.51. The zero-order valence-corrected chi connectivity index (χ0v) is 15.7. The van der Waals surface area contributed by atoms with E-state index in [0.29, 0.717) is 13.2 Å². The Morgan fingerprint density at radius 3 is 2.64 bits per heavy atom. The molecule has 0 radical (unpaired) electrons. The van der Waals surface area contributed by atoms with Crippen molar-refractivity contribution in [3.8, 4) is 0 Å². The molecule has 25 heavy (non-hydrogen) atoms. The summed E-state index contributed by atoms with van der Waals surface area (Å²) in [6, 6.07) is 10.4. The Bertz CT molecular complexity index is 709. The van der Waals surface area contributed by atoms with Gasteiger partial charge < -0.3 is 9.84 Å². The standard InChI is InChI=1S/C20H29N3O2/c1-15-18(16(2)23(21-15)10-11-24)12-22-13-19(25-14-20(22,3)4)17-8-6-5-7-9-17/h5-9,19,24H,10-14H2,1-4H3. The Kier molecular flexibility index (Phi) is 5.27. The maximum Gasteiger partial charge on any atom is 0.0953 e. The van der Waals surface area contributed by atoms with Crippen molar-refractivity contribution in [2.24, 2.45) is 0 Å². The van der Waals surface area contributed by atoms with Crippen molar-refractivity contribution in [2.75, 3.05) is 19.8 Å². The normalized spacial score (nSPS) is 20.8. The van der Waals surface area contributed by atoms with E-state index in [0.717, 1.165) is 24.5 Å². The molecule has 1 saturated heterocycles. The lowest BCUT2D eigenvalue weighted by Crippen LogP contribution is -2.53. The Morgan fingerprint density at radius 2 is 1.96 bits per heavy atom. The Balaban J connectivity index is 1.82. The van der Waals surface area contributed by atoms with Crippen LogP contribution in [0.3, 0.4) is 0 Å². The summed E-state index contributed by atoms with van der Waals surface area (Å²) in [6.45, 7) is 11.7. The molecule has 1 aromatic heterocycles. The summed E-state index contributed by atoms with van der Waals surface area (Å²) >= 11 is 0. The molecule has 0 saturated carbocycles. The molecule has 0 amide bonds. The van der Waals surface area contributed by atoms with E-state index in [1.54, 1.807) is 0 Å². The molecule has 0 bridgehead atoms. The van der Waals surface area contributed by atoms with Gasteiger partial charge in [0.25, 0.3) is 0 Å². The van der Waals surface area contributed by atoms with E-state index in [1.165, 1.54) is 11.1 Å². The number of ether oxygens (including phenoxy) is 1. The van der Waals surface area contributed by atoms with Crippen LogP contribution >= 0.6 is 0 Å². The molecule has 1 aliphatic heterocycles. The number of hydrogen-bond donors (Lipinski definition) is 1. The van der Waals surface area contributed by atoms with Crippen LogP contribution in [0.2, 0.25) is 0 Å². The molecule has 136 valence electrons. The molecule has 3 rings (SSSR count). The summed E-state index contributed by atoms with van der Waals surface area (Å²) in [5.74, 6) is 0. The van der Waals surface area contributed by atoms with Crippen molar-refractivity contribution < 1.29 is 9.84 Å². The molecule has 0 aliphatic carbocycles. The van der Waals surface area contributed by atoms with E-state index in [2.05, 4.69) is 62.0 Å². The van der Waals surface area contributed by atoms with E-state index >= 15 is 0 Å².